The predicted molar refractivity (Wildman–Crippen MR) is 81.2 cm³/mol. The van der Waals surface area contributed by atoms with E-state index in [4.69, 9.17) is 4.74 Å². The molecule has 3 heteroatoms. The Kier molecular flexibility index (Phi) is 6.44. The number of halogens is 1. The Hall–Kier alpha value is -0.800. The average Bonchev–Trinajstić information content (AvgIpc) is 2.36. The van der Waals surface area contributed by atoms with Crippen LogP contribution in [-0.4, -0.2) is 13.2 Å². The van der Waals surface area contributed by atoms with Crippen molar-refractivity contribution >= 4 is 15.9 Å². The topological polar surface area (TPSA) is 21.3 Å². The van der Waals surface area contributed by atoms with E-state index in [1.54, 1.807) is 0 Å². The first-order valence-electron chi connectivity index (χ1n) is 6.40. The summed E-state index contributed by atoms with van der Waals surface area (Å²) >= 11 is 3.49. The lowest BCUT2D eigenvalue weighted by Gasteiger charge is -2.18. The van der Waals surface area contributed by atoms with Crippen LogP contribution in [-0.2, 0) is 0 Å². The van der Waals surface area contributed by atoms with Gasteiger partial charge in [-0.25, -0.2) is 0 Å². The molecule has 0 radical (unpaired) electrons. The lowest BCUT2D eigenvalue weighted by molar-refractivity contribution is 0.341. The van der Waals surface area contributed by atoms with Crippen molar-refractivity contribution in [2.45, 2.75) is 33.2 Å². The fourth-order valence-electron chi connectivity index (χ4n) is 1.69. The molecule has 0 bridgehead atoms. The van der Waals surface area contributed by atoms with Gasteiger partial charge >= 0.3 is 0 Å². The lowest BCUT2D eigenvalue weighted by atomic mass is 10.1. The Labute approximate surface area is 119 Å². The SMILES string of the molecule is C=C(CC)COc1cc(Br)ccc1C(C)NCC. The van der Waals surface area contributed by atoms with Gasteiger partial charge in [-0.3, -0.25) is 0 Å². The normalized spacial score (nSPS) is 12.2. The molecule has 1 atom stereocenters. The highest BCUT2D eigenvalue weighted by molar-refractivity contribution is 9.10. The molecular formula is C15H22BrNO. The van der Waals surface area contributed by atoms with Crippen molar-refractivity contribution in [2.75, 3.05) is 13.2 Å². The van der Waals surface area contributed by atoms with E-state index in [-0.39, 0.29) is 6.04 Å². The Bertz CT molecular complexity index is 403. The molecule has 1 aromatic rings. The molecule has 18 heavy (non-hydrogen) atoms. The van der Waals surface area contributed by atoms with Crippen LogP contribution in [0, 0.1) is 0 Å². The van der Waals surface area contributed by atoms with Gasteiger partial charge < -0.3 is 10.1 Å². The van der Waals surface area contributed by atoms with Crippen molar-refractivity contribution in [3.8, 4) is 5.75 Å². The second-order valence-electron chi connectivity index (χ2n) is 4.35. The van der Waals surface area contributed by atoms with Crippen LogP contribution in [0.4, 0.5) is 0 Å². The molecule has 100 valence electrons. The molecule has 1 N–H and O–H groups in total. The standard InChI is InChI=1S/C15H22BrNO/c1-5-11(3)10-18-15-9-13(16)7-8-14(15)12(4)17-6-2/h7-9,12,17H,3,5-6,10H2,1-2,4H3. The molecule has 0 saturated carbocycles. The van der Waals surface area contributed by atoms with Gasteiger partial charge in [0.2, 0.25) is 0 Å². The first-order chi connectivity index (χ1) is 8.58. The Morgan fingerprint density at radius 3 is 2.78 bits per heavy atom. The highest BCUT2D eigenvalue weighted by Gasteiger charge is 2.11. The molecule has 0 heterocycles. The molecule has 0 aliphatic heterocycles. The largest absolute Gasteiger partial charge is 0.489 e. The molecule has 1 rings (SSSR count). The highest BCUT2D eigenvalue weighted by atomic mass is 79.9. The van der Waals surface area contributed by atoms with E-state index >= 15 is 0 Å². The Morgan fingerprint density at radius 1 is 1.44 bits per heavy atom. The van der Waals surface area contributed by atoms with Crippen molar-refractivity contribution in [2.24, 2.45) is 0 Å². The van der Waals surface area contributed by atoms with E-state index in [9.17, 15) is 0 Å². The molecule has 0 fully saturated rings. The van der Waals surface area contributed by atoms with Gasteiger partial charge in [0.1, 0.15) is 12.4 Å². The van der Waals surface area contributed by atoms with E-state index in [2.05, 4.69) is 54.7 Å². The van der Waals surface area contributed by atoms with Crippen molar-refractivity contribution in [1.82, 2.24) is 5.32 Å². The van der Waals surface area contributed by atoms with Crippen molar-refractivity contribution in [3.05, 3.63) is 40.4 Å². The summed E-state index contributed by atoms with van der Waals surface area (Å²) in [5, 5.41) is 3.41. The molecule has 2 nitrogen and oxygen atoms in total. The predicted octanol–water partition coefficient (Wildman–Crippen LogP) is 4.46. The summed E-state index contributed by atoms with van der Waals surface area (Å²) in [6.07, 6.45) is 0.950. The van der Waals surface area contributed by atoms with Crippen LogP contribution in [0.25, 0.3) is 0 Å². The highest BCUT2D eigenvalue weighted by Crippen LogP contribution is 2.29. The van der Waals surface area contributed by atoms with Crippen molar-refractivity contribution in [3.63, 3.8) is 0 Å². The number of ether oxygens (including phenoxy) is 1. The van der Waals surface area contributed by atoms with E-state index in [0.29, 0.717) is 6.61 Å². The van der Waals surface area contributed by atoms with E-state index in [0.717, 1.165) is 28.8 Å². The van der Waals surface area contributed by atoms with E-state index < -0.39 is 0 Å². The molecule has 1 unspecified atom stereocenters. The number of hydrogen-bond acceptors (Lipinski definition) is 2. The van der Waals surface area contributed by atoms with Crippen LogP contribution in [0.5, 0.6) is 5.75 Å². The molecule has 0 spiro atoms. The molecular weight excluding hydrogens is 290 g/mol. The molecule has 0 saturated heterocycles. The molecule has 0 aliphatic carbocycles. The quantitative estimate of drug-likeness (QED) is 0.750. The zero-order valence-electron chi connectivity index (χ0n) is 11.4. The average molecular weight is 312 g/mol. The van der Waals surface area contributed by atoms with Crippen LogP contribution >= 0.6 is 15.9 Å². The summed E-state index contributed by atoms with van der Waals surface area (Å²) in [7, 11) is 0. The summed E-state index contributed by atoms with van der Waals surface area (Å²) in [4.78, 5) is 0. The summed E-state index contributed by atoms with van der Waals surface area (Å²) in [6.45, 7) is 11.8. The fourth-order valence-corrected chi connectivity index (χ4v) is 2.03. The van der Waals surface area contributed by atoms with Gasteiger partial charge in [-0.05, 0) is 37.6 Å². The van der Waals surface area contributed by atoms with Crippen LogP contribution in [0.2, 0.25) is 0 Å². The Balaban J connectivity index is 2.85. The third-order valence-corrected chi connectivity index (χ3v) is 3.38. The minimum Gasteiger partial charge on any atom is -0.489 e. The smallest absolute Gasteiger partial charge is 0.125 e. The first-order valence-corrected chi connectivity index (χ1v) is 7.20. The molecule has 1 aromatic carbocycles. The molecule has 0 aromatic heterocycles. The minimum atomic E-state index is 0.285. The van der Waals surface area contributed by atoms with Gasteiger partial charge in [-0.1, -0.05) is 42.4 Å². The van der Waals surface area contributed by atoms with Gasteiger partial charge in [0.05, 0.1) is 0 Å². The molecule has 0 amide bonds. The molecule has 0 aliphatic rings. The lowest BCUT2D eigenvalue weighted by Crippen LogP contribution is -2.18. The Morgan fingerprint density at radius 2 is 2.17 bits per heavy atom. The van der Waals surface area contributed by atoms with Gasteiger partial charge in [-0.15, -0.1) is 0 Å². The zero-order valence-corrected chi connectivity index (χ0v) is 13.0. The number of benzene rings is 1. The van der Waals surface area contributed by atoms with E-state index in [1.165, 1.54) is 5.56 Å². The monoisotopic (exact) mass is 311 g/mol. The van der Waals surface area contributed by atoms with Crippen LogP contribution in [0.3, 0.4) is 0 Å². The maximum Gasteiger partial charge on any atom is 0.125 e. The third kappa shape index (κ3) is 4.46. The first kappa shape index (κ1) is 15.3. The maximum atomic E-state index is 5.87. The number of rotatable bonds is 7. The van der Waals surface area contributed by atoms with Crippen LogP contribution in [0.15, 0.2) is 34.8 Å². The van der Waals surface area contributed by atoms with E-state index in [1.807, 2.05) is 12.1 Å². The van der Waals surface area contributed by atoms with Gasteiger partial charge in [0, 0.05) is 16.1 Å². The van der Waals surface area contributed by atoms with Gasteiger partial charge in [0.25, 0.3) is 0 Å². The van der Waals surface area contributed by atoms with Gasteiger partial charge in [-0.2, -0.15) is 0 Å². The fraction of sp³-hybridized carbons (Fsp3) is 0.467. The zero-order chi connectivity index (χ0) is 13.5. The van der Waals surface area contributed by atoms with Gasteiger partial charge in [0.15, 0.2) is 0 Å². The minimum absolute atomic E-state index is 0.285. The number of nitrogens with one attached hydrogen (secondary N) is 1. The number of hydrogen-bond donors (Lipinski definition) is 1. The summed E-state index contributed by atoms with van der Waals surface area (Å²) < 4.78 is 6.90. The summed E-state index contributed by atoms with van der Waals surface area (Å²) in [5.41, 5.74) is 2.29. The second kappa shape index (κ2) is 7.59. The van der Waals surface area contributed by atoms with Crippen molar-refractivity contribution < 1.29 is 4.74 Å². The second-order valence-corrected chi connectivity index (χ2v) is 5.27. The van der Waals surface area contributed by atoms with Crippen LogP contribution < -0.4 is 10.1 Å². The maximum absolute atomic E-state index is 5.87. The van der Waals surface area contributed by atoms with Crippen molar-refractivity contribution in [1.29, 1.82) is 0 Å². The van der Waals surface area contributed by atoms with Crippen LogP contribution in [0.1, 0.15) is 38.8 Å². The summed E-state index contributed by atoms with van der Waals surface area (Å²) in [5.74, 6) is 0.924. The summed E-state index contributed by atoms with van der Waals surface area (Å²) in [6, 6.07) is 6.45. The third-order valence-electron chi connectivity index (χ3n) is 2.88.